The van der Waals surface area contributed by atoms with Crippen molar-refractivity contribution < 1.29 is 10.0 Å². The van der Waals surface area contributed by atoms with Gasteiger partial charge in [0.25, 0.3) is 0 Å². The molecular formula is C10H22NO+. The zero-order valence-corrected chi connectivity index (χ0v) is 8.18. The second kappa shape index (κ2) is 5.55. The minimum Gasteiger partial charge on any atom is -0.396 e. The van der Waals surface area contributed by atoms with E-state index < -0.39 is 0 Å². The highest BCUT2D eigenvalue weighted by atomic mass is 16.3. The minimum absolute atomic E-state index is 0.351. The Morgan fingerprint density at radius 3 is 2.50 bits per heavy atom. The molecule has 0 heterocycles. The van der Waals surface area contributed by atoms with Crippen LogP contribution in [0, 0.1) is 0 Å². The first kappa shape index (κ1) is 10.0. The lowest BCUT2D eigenvalue weighted by Crippen LogP contribution is -3.13. The van der Waals surface area contributed by atoms with Gasteiger partial charge in [-0.2, -0.15) is 0 Å². The van der Waals surface area contributed by atoms with Crippen molar-refractivity contribution in [1.82, 2.24) is 0 Å². The molecule has 1 aliphatic carbocycles. The highest BCUT2D eigenvalue weighted by Crippen LogP contribution is 2.14. The molecule has 2 N–H and O–H groups in total. The van der Waals surface area contributed by atoms with Gasteiger partial charge in [-0.15, -0.1) is 0 Å². The molecule has 12 heavy (non-hydrogen) atoms. The Morgan fingerprint density at radius 2 is 1.92 bits per heavy atom. The Balaban J connectivity index is 2.15. The summed E-state index contributed by atoms with van der Waals surface area (Å²) < 4.78 is 0. The average molecular weight is 172 g/mol. The third-order valence-electron chi connectivity index (χ3n) is 3.03. The number of aliphatic hydroxyl groups is 1. The fourth-order valence-electron chi connectivity index (χ4n) is 2.16. The van der Waals surface area contributed by atoms with Crippen molar-refractivity contribution in [1.29, 1.82) is 0 Å². The zero-order valence-electron chi connectivity index (χ0n) is 8.18. The minimum atomic E-state index is 0.351. The van der Waals surface area contributed by atoms with Gasteiger partial charge in [0, 0.05) is 13.0 Å². The van der Waals surface area contributed by atoms with E-state index in [9.17, 15) is 0 Å². The van der Waals surface area contributed by atoms with Crippen LogP contribution in [0.3, 0.4) is 0 Å². The summed E-state index contributed by atoms with van der Waals surface area (Å²) in [5.41, 5.74) is 0. The van der Waals surface area contributed by atoms with Crippen molar-refractivity contribution in [3.05, 3.63) is 0 Å². The van der Waals surface area contributed by atoms with Crippen LogP contribution in [-0.2, 0) is 0 Å². The summed E-state index contributed by atoms with van der Waals surface area (Å²) in [5.74, 6) is 0. The molecule has 2 nitrogen and oxygen atoms in total. The normalized spacial score (nSPS) is 22.5. The molecule has 0 aromatic heterocycles. The fourth-order valence-corrected chi connectivity index (χ4v) is 2.16. The van der Waals surface area contributed by atoms with Crippen molar-refractivity contribution in [3.8, 4) is 0 Å². The maximum atomic E-state index is 8.70. The van der Waals surface area contributed by atoms with Crippen LogP contribution in [0.15, 0.2) is 0 Å². The first-order valence-corrected chi connectivity index (χ1v) is 5.27. The van der Waals surface area contributed by atoms with Gasteiger partial charge in [0.15, 0.2) is 0 Å². The van der Waals surface area contributed by atoms with Gasteiger partial charge >= 0.3 is 0 Å². The quantitative estimate of drug-likeness (QED) is 0.623. The van der Waals surface area contributed by atoms with Gasteiger partial charge in [0.1, 0.15) is 0 Å². The Kier molecular flexibility index (Phi) is 4.62. The number of quaternary nitrogens is 1. The first-order valence-electron chi connectivity index (χ1n) is 5.27. The Labute approximate surface area is 75.6 Å². The lowest BCUT2D eigenvalue weighted by atomic mass is 9.94. The smallest absolute Gasteiger partial charge is 0.0872 e. The summed E-state index contributed by atoms with van der Waals surface area (Å²) in [4.78, 5) is 1.63. The molecule has 1 fully saturated rings. The molecule has 0 saturated heterocycles. The predicted molar refractivity (Wildman–Crippen MR) is 50.3 cm³/mol. The van der Waals surface area contributed by atoms with Crippen LogP contribution in [0.25, 0.3) is 0 Å². The molecular weight excluding hydrogens is 150 g/mol. The second-order valence-electron chi connectivity index (χ2n) is 4.01. The molecule has 1 saturated carbocycles. The van der Waals surface area contributed by atoms with Crippen LogP contribution in [-0.4, -0.2) is 31.3 Å². The lowest BCUT2D eigenvalue weighted by molar-refractivity contribution is -0.907. The number of aliphatic hydroxyl groups excluding tert-OH is 1. The van der Waals surface area contributed by atoms with Crippen LogP contribution in [0.4, 0.5) is 0 Å². The number of hydrogen-bond donors (Lipinski definition) is 2. The summed E-state index contributed by atoms with van der Waals surface area (Å²) in [5, 5.41) is 8.70. The molecule has 72 valence electrons. The third-order valence-corrected chi connectivity index (χ3v) is 3.03. The van der Waals surface area contributed by atoms with Crippen molar-refractivity contribution in [2.75, 3.05) is 20.2 Å². The molecule has 1 rings (SSSR count). The van der Waals surface area contributed by atoms with E-state index >= 15 is 0 Å². The molecule has 0 bridgehead atoms. The number of hydrogen-bond acceptors (Lipinski definition) is 1. The molecule has 1 unspecified atom stereocenters. The second-order valence-corrected chi connectivity index (χ2v) is 4.01. The first-order chi connectivity index (χ1) is 5.84. The van der Waals surface area contributed by atoms with Crippen molar-refractivity contribution in [2.45, 2.75) is 44.6 Å². The highest BCUT2D eigenvalue weighted by molar-refractivity contribution is 4.63. The maximum Gasteiger partial charge on any atom is 0.0872 e. The van der Waals surface area contributed by atoms with E-state index in [1.165, 1.54) is 32.1 Å². The Morgan fingerprint density at radius 1 is 1.25 bits per heavy atom. The Hall–Kier alpha value is -0.0800. The topological polar surface area (TPSA) is 24.7 Å². The molecule has 0 aliphatic heterocycles. The predicted octanol–water partition coefficient (Wildman–Crippen LogP) is 0.216. The van der Waals surface area contributed by atoms with Crippen LogP contribution in [0.1, 0.15) is 38.5 Å². The van der Waals surface area contributed by atoms with Crippen LogP contribution < -0.4 is 4.90 Å². The van der Waals surface area contributed by atoms with Gasteiger partial charge in [-0.1, -0.05) is 6.42 Å². The zero-order chi connectivity index (χ0) is 8.81. The molecule has 0 aromatic carbocycles. The van der Waals surface area contributed by atoms with E-state index in [0.717, 1.165) is 19.0 Å². The lowest BCUT2D eigenvalue weighted by Gasteiger charge is -2.27. The van der Waals surface area contributed by atoms with Crippen LogP contribution >= 0.6 is 0 Å². The molecule has 0 aromatic rings. The molecule has 0 radical (unpaired) electrons. The van der Waals surface area contributed by atoms with Crippen LogP contribution in [0.2, 0.25) is 0 Å². The van der Waals surface area contributed by atoms with Crippen molar-refractivity contribution >= 4 is 0 Å². The fraction of sp³-hybridized carbons (Fsp3) is 1.00. The SMILES string of the molecule is C[NH+](CCCO)C1CCCCC1. The van der Waals surface area contributed by atoms with Crippen LogP contribution in [0.5, 0.6) is 0 Å². The van der Waals surface area contributed by atoms with E-state index in [-0.39, 0.29) is 0 Å². The molecule has 1 atom stereocenters. The van der Waals surface area contributed by atoms with E-state index in [4.69, 9.17) is 5.11 Å². The largest absolute Gasteiger partial charge is 0.396 e. The van der Waals surface area contributed by atoms with Crippen molar-refractivity contribution in [3.63, 3.8) is 0 Å². The summed E-state index contributed by atoms with van der Waals surface area (Å²) in [6.45, 7) is 1.49. The number of nitrogens with one attached hydrogen (secondary N) is 1. The Bertz CT molecular complexity index is 110. The van der Waals surface area contributed by atoms with Gasteiger partial charge in [0.05, 0.1) is 19.6 Å². The third kappa shape index (κ3) is 3.11. The van der Waals surface area contributed by atoms with Gasteiger partial charge < -0.3 is 10.0 Å². The van der Waals surface area contributed by atoms with E-state index in [0.29, 0.717) is 6.61 Å². The van der Waals surface area contributed by atoms with Gasteiger partial charge in [-0.3, -0.25) is 0 Å². The van der Waals surface area contributed by atoms with Gasteiger partial charge in [-0.05, 0) is 25.7 Å². The van der Waals surface area contributed by atoms with Gasteiger partial charge in [0.2, 0.25) is 0 Å². The maximum absolute atomic E-state index is 8.70. The molecule has 2 heteroatoms. The molecule has 1 aliphatic rings. The molecule has 0 amide bonds. The van der Waals surface area contributed by atoms with E-state index in [1.807, 2.05) is 0 Å². The average Bonchev–Trinajstić information content (AvgIpc) is 2.15. The van der Waals surface area contributed by atoms with E-state index in [2.05, 4.69) is 7.05 Å². The summed E-state index contributed by atoms with van der Waals surface area (Å²) in [6, 6.07) is 0.880. The van der Waals surface area contributed by atoms with Gasteiger partial charge in [-0.25, -0.2) is 0 Å². The molecule has 0 spiro atoms. The summed E-state index contributed by atoms with van der Waals surface area (Å²) in [7, 11) is 2.27. The highest BCUT2D eigenvalue weighted by Gasteiger charge is 2.20. The number of rotatable bonds is 4. The monoisotopic (exact) mass is 172 g/mol. The summed E-state index contributed by atoms with van der Waals surface area (Å²) >= 11 is 0. The summed E-state index contributed by atoms with van der Waals surface area (Å²) in [6.07, 6.45) is 8.03. The van der Waals surface area contributed by atoms with E-state index in [1.54, 1.807) is 4.90 Å². The standard InChI is InChI=1S/C10H21NO/c1-11(8-5-9-12)10-6-3-2-4-7-10/h10,12H,2-9H2,1H3/p+1. The van der Waals surface area contributed by atoms with Crippen molar-refractivity contribution in [2.24, 2.45) is 0 Å².